The van der Waals surface area contributed by atoms with Gasteiger partial charge in [0.1, 0.15) is 0 Å². The summed E-state index contributed by atoms with van der Waals surface area (Å²) in [4.78, 5) is 26.5. The Hall–Kier alpha value is -1.46. The molecule has 0 unspecified atom stereocenters. The fraction of sp³-hybridized carbons (Fsp3) is 0.913. The molecule has 2 aliphatic rings. The molecule has 2 rings (SSSR count). The minimum Gasteiger partial charge on any atom is -0.465 e. The fourth-order valence-electron chi connectivity index (χ4n) is 5.38. The van der Waals surface area contributed by atoms with E-state index < -0.39 is 12.2 Å². The maximum absolute atomic E-state index is 11.6. The van der Waals surface area contributed by atoms with Crippen molar-refractivity contribution >= 4 is 12.2 Å². The summed E-state index contributed by atoms with van der Waals surface area (Å²) in [5, 5.41) is 19.0. The van der Waals surface area contributed by atoms with Crippen LogP contribution in [0.5, 0.6) is 0 Å². The first-order chi connectivity index (χ1) is 14.0. The molecule has 0 aliphatic heterocycles. The summed E-state index contributed by atoms with van der Waals surface area (Å²) in [5.74, 6) is 1.43. The van der Waals surface area contributed by atoms with Crippen LogP contribution in [-0.2, 0) is 0 Å². The van der Waals surface area contributed by atoms with Crippen molar-refractivity contribution in [3.63, 3.8) is 0 Å². The second-order valence-electron chi connectivity index (χ2n) is 9.24. The lowest BCUT2D eigenvalue weighted by Gasteiger charge is -2.39. The predicted molar refractivity (Wildman–Crippen MR) is 115 cm³/mol. The second kappa shape index (κ2) is 12.3. The lowest BCUT2D eigenvalue weighted by atomic mass is 9.75. The summed E-state index contributed by atoms with van der Waals surface area (Å²) < 4.78 is 0. The summed E-state index contributed by atoms with van der Waals surface area (Å²) in [6.45, 7) is 5.54. The van der Waals surface area contributed by atoms with E-state index in [-0.39, 0.29) is 12.1 Å². The third-order valence-electron chi connectivity index (χ3n) is 7.18. The largest absolute Gasteiger partial charge is 0.465 e. The van der Waals surface area contributed by atoms with Gasteiger partial charge in [-0.05, 0) is 82.5 Å². The molecule has 2 fully saturated rings. The van der Waals surface area contributed by atoms with E-state index in [4.69, 9.17) is 0 Å². The van der Waals surface area contributed by atoms with Gasteiger partial charge in [-0.25, -0.2) is 9.59 Å². The van der Waals surface area contributed by atoms with Crippen molar-refractivity contribution in [2.45, 2.75) is 109 Å². The molecule has 6 nitrogen and oxygen atoms in total. The molecule has 2 aliphatic carbocycles. The highest BCUT2D eigenvalue weighted by Crippen LogP contribution is 2.37. The van der Waals surface area contributed by atoms with Crippen molar-refractivity contribution in [3.8, 4) is 0 Å². The van der Waals surface area contributed by atoms with Crippen LogP contribution >= 0.6 is 0 Å². The van der Waals surface area contributed by atoms with Gasteiger partial charge in [-0.3, -0.25) is 0 Å². The van der Waals surface area contributed by atoms with Gasteiger partial charge in [-0.2, -0.15) is 0 Å². The maximum Gasteiger partial charge on any atom is 0.407 e. The number of carboxylic acid groups (broad SMARTS) is 2. The van der Waals surface area contributed by atoms with E-state index in [2.05, 4.69) is 13.8 Å². The SMILES string of the molecule is CCCCN(C(=O)O)C1CCC(CC2CCC(N(CCCC)C(=O)O)CC2)CC1. The molecule has 168 valence electrons. The van der Waals surface area contributed by atoms with Gasteiger partial charge in [0.05, 0.1) is 0 Å². The topological polar surface area (TPSA) is 81.1 Å². The normalized spacial score (nSPS) is 27.4. The fourth-order valence-corrected chi connectivity index (χ4v) is 5.38. The molecule has 0 heterocycles. The van der Waals surface area contributed by atoms with Crippen LogP contribution < -0.4 is 0 Å². The number of nitrogens with zero attached hydrogens (tertiary/aromatic N) is 2. The van der Waals surface area contributed by atoms with Crippen molar-refractivity contribution < 1.29 is 19.8 Å². The zero-order valence-corrected chi connectivity index (χ0v) is 18.5. The molecule has 2 N–H and O–H groups in total. The molecule has 2 saturated carbocycles. The number of carbonyl (C=O) groups is 2. The molecule has 2 amide bonds. The Morgan fingerprint density at radius 1 is 0.690 bits per heavy atom. The number of amides is 2. The van der Waals surface area contributed by atoms with Crippen LogP contribution in [0, 0.1) is 11.8 Å². The highest BCUT2D eigenvalue weighted by atomic mass is 16.4. The molecule has 0 aromatic rings. The van der Waals surface area contributed by atoms with E-state index in [9.17, 15) is 19.8 Å². The smallest absolute Gasteiger partial charge is 0.407 e. The van der Waals surface area contributed by atoms with Crippen LogP contribution in [0.1, 0.15) is 97.3 Å². The number of hydrogen-bond donors (Lipinski definition) is 2. The van der Waals surface area contributed by atoms with Crippen LogP contribution in [0.25, 0.3) is 0 Å². The van der Waals surface area contributed by atoms with Gasteiger partial charge in [-0.15, -0.1) is 0 Å². The Kier molecular flexibility index (Phi) is 10.1. The van der Waals surface area contributed by atoms with Gasteiger partial charge in [0.15, 0.2) is 0 Å². The monoisotopic (exact) mass is 410 g/mol. The molecule has 0 atom stereocenters. The van der Waals surface area contributed by atoms with Gasteiger partial charge >= 0.3 is 12.2 Å². The highest BCUT2D eigenvalue weighted by molar-refractivity contribution is 5.65. The lowest BCUT2D eigenvalue weighted by molar-refractivity contribution is 0.0892. The van der Waals surface area contributed by atoms with Crippen molar-refractivity contribution in [2.75, 3.05) is 13.1 Å². The Morgan fingerprint density at radius 2 is 1.03 bits per heavy atom. The van der Waals surface area contributed by atoms with Crippen LogP contribution in [0.2, 0.25) is 0 Å². The van der Waals surface area contributed by atoms with Crippen LogP contribution in [0.4, 0.5) is 9.59 Å². The first kappa shape index (κ1) is 23.8. The number of hydrogen-bond acceptors (Lipinski definition) is 2. The summed E-state index contributed by atoms with van der Waals surface area (Å²) in [5.41, 5.74) is 0. The first-order valence-electron chi connectivity index (χ1n) is 11.9. The van der Waals surface area contributed by atoms with Crippen molar-refractivity contribution in [3.05, 3.63) is 0 Å². The van der Waals surface area contributed by atoms with Crippen molar-refractivity contribution in [2.24, 2.45) is 11.8 Å². The first-order valence-corrected chi connectivity index (χ1v) is 11.9. The third kappa shape index (κ3) is 7.38. The molecule has 0 saturated heterocycles. The van der Waals surface area contributed by atoms with E-state index in [0.29, 0.717) is 24.9 Å². The molecular weight excluding hydrogens is 368 g/mol. The molecule has 0 aromatic heterocycles. The molecule has 29 heavy (non-hydrogen) atoms. The number of rotatable bonds is 10. The zero-order chi connectivity index (χ0) is 21.2. The van der Waals surface area contributed by atoms with Crippen LogP contribution in [-0.4, -0.2) is 57.4 Å². The molecule has 6 heteroatoms. The second-order valence-corrected chi connectivity index (χ2v) is 9.24. The number of unbranched alkanes of at least 4 members (excludes halogenated alkanes) is 2. The lowest BCUT2D eigenvalue weighted by Crippen LogP contribution is -2.43. The molecule has 0 bridgehead atoms. The Bertz CT molecular complexity index is 453. The minimum atomic E-state index is -0.758. The van der Waals surface area contributed by atoms with Crippen LogP contribution in [0.15, 0.2) is 0 Å². The van der Waals surface area contributed by atoms with Crippen molar-refractivity contribution in [1.29, 1.82) is 0 Å². The average molecular weight is 411 g/mol. The van der Waals surface area contributed by atoms with Crippen molar-refractivity contribution in [1.82, 2.24) is 9.80 Å². The summed E-state index contributed by atoms with van der Waals surface area (Å²) in [7, 11) is 0. The van der Waals surface area contributed by atoms with E-state index in [1.54, 1.807) is 9.80 Å². The van der Waals surface area contributed by atoms with E-state index in [0.717, 1.165) is 77.0 Å². The quantitative estimate of drug-likeness (QED) is 0.459. The minimum absolute atomic E-state index is 0.203. The Morgan fingerprint density at radius 3 is 1.31 bits per heavy atom. The molecule has 0 spiro atoms. The molecular formula is C23H42N2O4. The van der Waals surface area contributed by atoms with Gasteiger partial charge in [0, 0.05) is 25.2 Å². The summed E-state index contributed by atoms with van der Waals surface area (Å²) in [6.07, 6.45) is 12.2. The Balaban J connectivity index is 1.73. The Labute approximate surface area is 176 Å². The van der Waals surface area contributed by atoms with E-state index in [1.807, 2.05) is 0 Å². The standard InChI is InChI=1S/C23H42N2O4/c1-3-5-15-24(22(26)27)20-11-7-18(8-12-20)17-19-9-13-21(14-10-19)25(23(28)29)16-6-4-2/h18-21H,3-17H2,1-2H3,(H,26,27)(H,28,29). The van der Waals surface area contributed by atoms with E-state index >= 15 is 0 Å². The molecule has 0 aromatic carbocycles. The predicted octanol–water partition coefficient (Wildman–Crippen LogP) is 6.05. The van der Waals surface area contributed by atoms with Gasteiger partial charge in [-0.1, -0.05) is 26.7 Å². The summed E-state index contributed by atoms with van der Waals surface area (Å²) in [6, 6.07) is 0.405. The zero-order valence-electron chi connectivity index (χ0n) is 18.5. The van der Waals surface area contributed by atoms with E-state index in [1.165, 1.54) is 6.42 Å². The highest BCUT2D eigenvalue weighted by Gasteiger charge is 2.32. The van der Waals surface area contributed by atoms with Gasteiger partial charge in [0.2, 0.25) is 0 Å². The molecule has 0 radical (unpaired) electrons. The van der Waals surface area contributed by atoms with Gasteiger partial charge < -0.3 is 20.0 Å². The van der Waals surface area contributed by atoms with Gasteiger partial charge in [0.25, 0.3) is 0 Å². The summed E-state index contributed by atoms with van der Waals surface area (Å²) >= 11 is 0. The third-order valence-corrected chi connectivity index (χ3v) is 7.18. The maximum atomic E-state index is 11.6. The average Bonchev–Trinajstić information content (AvgIpc) is 2.70. The van der Waals surface area contributed by atoms with Crippen LogP contribution in [0.3, 0.4) is 0 Å².